The zero-order valence-electron chi connectivity index (χ0n) is 11.8. The van der Waals surface area contributed by atoms with Crippen molar-refractivity contribution in [3.63, 3.8) is 0 Å². The van der Waals surface area contributed by atoms with Crippen LogP contribution in [0.15, 0.2) is 29.1 Å². The van der Waals surface area contributed by atoms with Crippen LogP contribution in [0.2, 0.25) is 0 Å². The molecule has 0 bridgehead atoms. The molecule has 0 saturated carbocycles. The van der Waals surface area contributed by atoms with E-state index >= 15 is 0 Å². The predicted molar refractivity (Wildman–Crippen MR) is 84.3 cm³/mol. The number of aromatic nitrogens is 1. The third-order valence-corrected chi connectivity index (χ3v) is 4.81. The van der Waals surface area contributed by atoms with E-state index in [0.717, 1.165) is 37.3 Å². The summed E-state index contributed by atoms with van der Waals surface area (Å²) in [5.41, 5.74) is 3.46. The summed E-state index contributed by atoms with van der Waals surface area (Å²) >= 11 is 1.35. The van der Waals surface area contributed by atoms with Gasteiger partial charge < -0.3 is 4.98 Å². The number of hydrogen-bond acceptors (Lipinski definition) is 3. The minimum absolute atomic E-state index is 0.0498. The fourth-order valence-corrected chi connectivity index (χ4v) is 3.65. The highest BCUT2D eigenvalue weighted by molar-refractivity contribution is 7.09. The van der Waals surface area contributed by atoms with Gasteiger partial charge in [-0.1, -0.05) is 42.5 Å². The van der Waals surface area contributed by atoms with Crippen molar-refractivity contribution in [1.29, 1.82) is 0 Å². The average molecular weight is 288 g/mol. The van der Waals surface area contributed by atoms with Gasteiger partial charge in [0.25, 0.3) is 0 Å². The van der Waals surface area contributed by atoms with Crippen molar-refractivity contribution in [2.75, 3.05) is 13.1 Å². The normalized spacial score (nSPS) is 15.8. The van der Waals surface area contributed by atoms with Gasteiger partial charge in [-0.25, -0.2) is 0 Å². The van der Waals surface area contributed by atoms with Crippen LogP contribution < -0.4 is 4.87 Å². The lowest BCUT2D eigenvalue weighted by Crippen LogP contribution is -2.18. The molecular weight excluding hydrogens is 268 g/mol. The van der Waals surface area contributed by atoms with Crippen LogP contribution in [-0.2, 0) is 13.0 Å². The minimum Gasteiger partial charge on any atom is -0.312 e. The van der Waals surface area contributed by atoms with Gasteiger partial charge in [0.2, 0.25) is 0 Å². The fraction of sp³-hybridized carbons (Fsp3) is 0.438. The van der Waals surface area contributed by atoms with Crippen molar-refractivity contribution < 1.29 is 0 Å². The molecule has 3 nitrogen and oxygen atoms in total. The van der Waals surface area contributed by atoms with Gasteiger partial charge in [0.1, 0.15) is 0 Å². The number of nitrogens with zero attached hydrogens (tertiary/aromatic N) is 1. The van der Waals surface area contributed by atoms with E-state index in [-0.39, 0.29) is 4.87 Å². The Kier molecular flexibility index (Phi) is 4.03. The summed E-state index contributed by atoms with van der Waals surface area (Å²) in [6.45, 7) is 5.36. The lowest BCUT2D eigenvalue weighted by atomic mass is 10.1. The predicted octanol–water partition coefficient (Wildman–Crippen LogP) is 3.26. The second-order valence-electron chi connectivity index (χ2n) is 5.35. The van der Waals surface area contributed by atoms with Crippen molar-refractivity contribution >= 4 is 11.3 Å². The lowest BCUT2D eigenvalue weighted by molar-refractivity contribution is 0.334. The summed E-state index contributed by atoms with van der Waals surface area (Å²) in [6.07, 6.45) is 3.60. The standard InChI is InChI=1S/C16H20N2OS/c1-2-12-5-7-13(8-6-12)15-14(20-16(19)17-15)11-18-9-3-4-10-18/h5-8H,2-4,9-11H2,1H3,(H,17,19). The van der Waals surface area contributed by atoms with Crippen molar-refractivity contribution in [1.82, 2.24) is 9.88 Å². The Morgan fingerprint density at radius 3 is 2.55 bits per heavy atom. The largest absolute Gasteiger partial charge is 0.312 e. The summed E-state index contributed by atoms with van der Waals surface area (Å²) in [5, 5.41) is 0. The van der Waals surface area contributed by atoms with Crippen LogP contribution in [0, 0.1) is 0 Å². The van der Waals surface area contributed by atoms with Gasteiger partial charge in [-0.05, 0) is 43.5 Å². The molecule has 1 aliphatic rings. The summed E-state index contributed by atoms with van der Waals surface area (Å²) in [6, 6.07) is 8.52. The van der Waals surface area contributed by atoms with Gasteiger partial charge in [0.15, 0.2) is 0 Å². The Hall–Kier alpha value is -1.39. The number of rotatable bonds is 4. The molecule has 4 heteroatoms. The average Bonchev–Trinajstić information content (AvgIpc) is 3.09. The molecule has 1 N–H and O–H groups in total. The summed E-state index contributed by atoms with van der Waals surface area (Å²) in [4.78, 5) is 18.4. The number of benzene rings is 1. The van der Waals surface area contributed by atoms with E-state index in [1.165, 1.54) is 34.6 Å². The number of hydrogen-bond donors (Lipinski definition) is 1. The van der Waals surface area contributed by atoms with E-state index in [0.29, 0.717) is 0 Å². The quantitative estimate of drug-likeness (QED) is 0.937. The van der Waals surface area contributed by atoms with Gasteiger partial charge in [0.05, 0.1) is 5.69 Å². The van der Waals surface area contributed by atoms with Crippen molar-refractivity contribution in [2.24, 2.45) is 0 Å². The van der Waals surface area contributed by atoms with E-state index in [2.05, 4.69) is 41.1 Å². The molecule has 20 heavy (non-hydrogen) atoms. The topological polar surface area (TPSA) is 36.1 Å². The van der Waals surface area contributed by atoms with E-state index in [1.54, 1.807) is 0 Å². The number of nitrogens with one attached hydrogen (secondary N) is 1. The van der Waals surface area contributed by atoms with Gasteiger partial charge in [-0.3, -0.25) is 9.69 Å². The molecule has 1 fully saturated rings. The zero-order chi connectivity index (χ0) is 13.9. The SMILES string of the molecule is CCc1ccc(-c2[nH]c(=O)sc2CN2CCCC2)cc1. The summed E-state index contributed by atoms with van der Waals surface area (Å²) in [7, 11) is 0. The first kappa shape index (κ1) is 13.6. The van der Waals surface area contributed by atoms with Crippen LogP contribution in [0.5, 0.6) is 0 Å². The maximum atomic E-state index is 11.7. The maximum absolute atomic E-state index is 11.7. The molecule has 1 aromatic carbocycles. The Morgan fingerprint density at radius 1 is 1.20 bits per heavy atom. The van der Waals surface area contributed by atoms with Gasteiger partial charge >= 0.3 is 4.87 Å². The highest BCUT2D eigenvalue weighted by Gasteiger charge is 2.17. The molecular formula is C16H20N2OS. The van der Waals surface area contributed by atoms with Crippen molar-refractivity contribution in [3.8, 4) is 11.3 Å². The van der Waals surface area contributed by atoms with E-state index in [4.69, 9.17) is 0 Å². The van der Waals surface area contributed by atoms with Crippen molar-refractivity contribution in [3.05, 3.63) is 44.4 Å². The maximum Gasteiger partial charge on any atom is 0.305 e. The molecule has 2 aromatic rings. The molecule has 1 aromatic heterocycles. The molecule has 1 aliphatic heterocycles. The zero-order valence-corrected chi connectivity index (χ0v) is 12.6. The molecule has 1 saturated heterocycles. The molecule has 3 rings (SSSR count). The third kappa shape index (κ3) is 2.86. The second kappa shape index (κ2) is 5.94. The molecule has 0 aliphatic carbocycles. The second-order valence-corrected chi connectivity index (χ2v) is 6.41. The highest BCUT2D eigenvalue weighted by atomic mass is 32.1. The van der Waals surface area contributed by atoms with Crippen LogP contribution in [0.25, 0.3) is 11.3 Å². The smallest absolute Gasteiger partial charge is 0.305 e. The molecule has 0 amide bonds. The minimum atomic E-state index is 0.0498. The van der Waals surface area contributed by atoms with Gasteiger partial charge in [-0.2, -0.15) is 0 Å². The Labute approximate surface area is 123 Å². The van der Waals surface area contributed by atoms with Crippen LogP contribution in [0.4, 0.5) is 0 Å². The number of aryl methyl sites for hydroxylation is 1. The Bertz CT molecular complexity index is 621. The first-order valence-corrected chi connectivity index (χ1v) is 8.11. The molecule has 0 unspecified atom stereocenters. The van der Waals surface area contributed by atoms with Gasteiger partial charge in [-0.15, -0.1) is 0 Å². The van der Waals surface area contributed by atoms with E-state index in [1.807, 2.05) is 0 Å². The lowest BCUT2D eigenvalue weighted by Gasteiger charge is -2.14. The van der Waals surface area contributed by atoms with Gasteiger partial charge in [0, 0.05) is 11.4 Å². The molecule has 0 atom stereocenters. The van der Waals surface area contributed by atoms with E-state index in [9.17, 15) is 4.79 Å². The highest BCUT2D eigenvalue weighted by Crippen LogP contribution is 2.26. The van der Waals surface area contributed by atoms with Crippen LogP contribution >= 0.6 is 11.3 Å². The van der Waals surface area contributed by atoms with Crippen LogP contribution in [-0.4, -0.2) is 23.0 Å². The number of H-pyrrole nitrogens is 1. The third-order valence-electron chi connectivity index (χ3n) is 3.94. The Morgan fingerprint density at radius 2 is 1.90 bits per heavy atom. The van der Waals surface area contributed by atoms with Crippen molar-refractivity contribution in [2.45, 2.75) is 32.7 Å². The fourth-order valence-electron chi connectivity index (χ4n) is 2.76. The first-order valence-electron chi connectivity index (χ1n) is 7.30. The van der Waals surface area contributed by atoms with Crippen LogP contribution in [0.3, 0.4) is 0 Å². The molecule has 0 radical (unpaired) electrons. The number of aromatic amines is 1. The first-order chi connectivity index (χ1) is 9.76. The summed E-state index contributed by atoms with van der Waals surface area (Å²) in [5.74, 6) is 0. The molecule has 0 spiro atoms. The van der Waals surface area contributed by atoms with Crippen LogP contribution in [0.1, 0.15) is 30.2 Å². The molecule has 106 valence electrons. The summed E-state index contributed by atoms with van der Waals surface area (Å²) < 4.78 is 0. The number of likely N-dealkylation sites (tertiary alicyclic amines) is 1. The monoisotopic (exact) mass is 288 g/mol. The van der Waals surface area contributed by atoms with E-state index < -0.39 is 0 Å². The Balaban J connectivity index is 1.89. The molecule has 2 heterocycles. The number of thiazole rings is 1.